The van der Waals surface area contributed by atoms with E-state index in [2.05, 4.69) is 21.2 Å². The monoisotopic (exact) mass is 412 g/mol. The average molecular weight is 413 g/mol. The summed E-state index contributed by atoms with van der Waals surface area (Å²) >= 11 is 5.04. The normalized spacial score (nSPS) is 10.9. The van der Waals surface area contributed by atoms with Crippen LogP contribution in [0.2, 0.25) is 0 Å². The van der Waals surface area contributed by atoms with Crippen molar-refractivity contribution in [3.63, 3.8) is 0 Å². The molecule has 6 heteroatoms. The van der Waals surface area contributed by atoms with Crippen molar-refractivity contribution in [2.24, 2.45) is 0 Å². The molecule has 25 heavy (non-hydrogen) atoms. The zero-order chi connectivity index (χ0) is 17.4. The van der Waals surface area contributed by atoms with Gasteiger partial charge < -0.3 is 15.5 Å². The highest BCUT2D eigenvalue weighted by Crippen LogP contribution is 2.31. The van der Waals surface area contributed by atoms with Crippen molar-refractivity contribution < 1.29 is 9.21 Å². The molecule has 124 valence electrons. The second-order valence-electron chi connectivity index (χ2n) is 5.53. The van der Waals surface area contributed by atoms with Crippen molar-refractivity contribution in [3.8, 4) is 10.4 Å². The minimum absolute atomic E-state index is 0.244. The van der Waals surface area contributed by atoms with Gasteiger partial charge in [-0.05, 0) is 53.4 Å². The number of furan rings is 1. The van der Waals surface area contributed by atoms with Crippen LogP contribution in [0.1, 0.15) is 10.6 Å². The van der Waals surface area contributed by atoms with Crippen LogP contribution in [-0.4, -0.2) is 5.91 Å². The van der Waals surface area contributed by atoms with E-state index >= 15 is 0 Å². The van der Waals surface area contributed by atoms with Crippen LogP contribution in [0, 0.1) is 0 Å². The predicted molar refractivity (Wildman–Crippen MR) is 106 cm³/mol. The summed E-state index contributed by atoms with van der Waals surface area (Å²) in [4.78, 5) is 13.7. The molecule has 0 saturated carbocycles. The second kappa shape index (κ2) is 6.38. The molecule has 2 aromatic carbocycles. The predicted octanol–water partition coefficient (Wildman–Crippen LogP) is 5.76. The Balaban J connectivity index is 1.64. The molecule has 3 N–H and O–H groups in total. The minimum Gasteiger partial charge on any atom is -0.451 e. The molecule has 2 heterocycles. The van der Waals surface area contributed by atoms with Gasteiger partial charge >= 0.3 is 0 Å². The van der Waals surface area contributed by atoms with E-state index < -0.39 is 0 Å². The molecular formula is C19H13BrN2O2S. The number of hydrogen-bond acceptors (Lipinski definition) is 4. The van der Waals surface area contributed by atoms with Crippen molar-refractivity contribution >= 4 is 55.5 Å². The van der Waals surface area contributed by atoms with E-state index in [0.29, 0.717) is 17.0 Å². The van der Waals surface area contributed by atoms with E-state index in [9.17, 15) is 4.79 Å². The minimum atomic E-state index is -0.331. The number of fused-ring (bicyclic) bond motifs is 1. The van der Waals surface area contributed by atoms with Gasteiger partial charge in [0.1, 0.15) is 5.58 Å². The van der Waals surface area contributed by atoms with Gasteiger partial charge in [-0.15, -0.1) is 11.3 Å². The Morgan fingerprint density at radius 1 is 1.12 bits per heavy atom. The van der Waals surface area contributed by atoms with Gasteiger partial charge in [0.05, 0.1) is 11.4 Å². The Hall–Kier alpha value is -2.57. The van der Waals surface area contributed by atoms with Gasteiger partial charge in [-0.1, -0.05) is 28.1 Å². The summed E-state index contributed by atoms with van der Waals surface area (Å²) in [6.07, 6.45) is 0. The first-order chi connectivity index (χ1) is 12.1. The molecule has 0 aliphatic rings. The number of rotatable bonds is 3. The molecule has 0 aliphatic heterocycles. The third-order valence-corrected chi connectivity index (χ3v) is 5.22. The van der Waals surface area contributed by atoms with Gasteiger partial charge in [0.15, 0.2) is 5.76 Å². The lowest BCUT2D eigenvalue weighted by atomic mass is 10.1. The lowest BCUT2D eigenvalue weighted by Crippen LogP contribution is -2.12. The van der Waals surface area contributed by atoms with E-state index in [1.54, 1.807) is 23.5 Å². The Labute approximate surface area is 156 Å². The first-order valence-corrected chi connectivity index (χ1v) is 9.21. The van der Waals surface area contributed by atoms with E-state index in [0.717, 1.165) is 20.3 Å². The number of halogens is 1. The highest BCUT2D eigenvalue weighted by Gasteiger charge is 2.14. The lowest BCUT2D eigenvalue weighted by molar-refractivity contribution is 0.0999. The maximum Gasteiger partial charge on any atom is 0.291 e. The Morgan fingerprint density at radius 2 is 2.00 bits per heavy atom. The van der Waals surface area contributed by atoms with Crippen molar-refractivity contribution in [2.45, 2.75) is 0 Å². The highest BCUT2D eigenvalue weighted by molar-refractivity contribution is 9.10. The number of amides is 1. The third kappa shape index (κ3) is 3.18. The number of thiophene rings is 1. The molecule has 1 amide bonds. The molecule has 4 rings (SSSR count). The Kier molecular flexibility index (Phi) is 4.07. The molecule has 0 saturated heterocycles. The Morgan fingerprint density at radius 3 is 2.80 bits per heavy atom. The number of carbonyl (C=O) groups excluding carboxylic acids is 1. The van der Waals surface area contributed by atoms with Crippen molar-refractivity contribution in [1.82, 2.24) is 0 Å². The highest BCUT2D eigenvalue weighted by atomic mass is 79.9. The fourth-order valence-electron chi connectivity index (χ4n) is 2.57. The quantitative estimate of drug-likeness (QED) is 0.420. The van der Waals surface area contributed by atoms with Crippen LogP contribution in [0.5, 0.6) is 0 Å². The number of carbonyl (C=O) groups is 1. The van der Waals surface area contributed by atoms with Crippen LogP contribution in [0.3, 0.4) is 0 Å². The first kappa shape index (κ1) is 15.9. The van der Waals surface area contributed by atoms with Gasteiger partial charge in [-0.3, -0.25) is 4.79 Å². The zero-order valence-corrected chi connectivity index (χ0v) is 15.4. The van der Waals surface area contributed by atoms with Gasteiger partial charge in [-0.25, -0.2) is 0 Å². The van der Waals surface area contributed by atoms with Gasteiger partial charge in [0.2, 0.25) is 0 Å². The smallest absolute Gasteiger partial charge is 0.291 e. The summed E-state index contributed by atoms with van der Waals surface area (Å²) in [5, 5.41) is 5.71. The van der Waals surface area contributed by atoms with Crippen LogP contribution < -0.4 is 11.1 Å². The summed E-state index contributed by atoms with van der Waals surface area (Å²) in [6, 6.07) is 16.9. The van der Waals surface area contributed by atoms with E-state index in [4.69, 9.17) is 10.2 Å². The summed E-state index contributed by atoms with van der Waals surface area (Å²) in [7, 11) is 0. The van der Waals surface area contributed by atoms with Crippen LogP contribution in [0.15, 0.2) is 68.9 Å². The second-order valence-corrected chi connectivity index (χ2v) is 7.39. The molecule has 2 aromatic heterocycles. The molecule has 4 nitrogen and oxygen atoms in total. The number of hydrogen-bond donors (Lipinski definition) is 2. The zero-order valence-electron chi connectivity index (χ0n) is 13.0. The number of nitrogens with one attached hydrogen (secondary N) is 1. The standard InChI is InChI=1S/C19H13BrN2O2S/c20-13-4-6-16-12(8-13)10-17(24-16)19(23)22-15-9-11(3-5-14(15)21)18-2-1-7-25-18/h1-10H,21H2,(H,22,23). The number of nitrogen functional groups attached to an aromatic ring is 1. The molecular weight excluding hydrogens is 400 g/mol. The van der Waals surface area contributed by atoms with Gasteiger partial charge in [0.25, 0.3) is 5.91 Å². The van der Waals surface area contributed by atoms with Gasteiger partial charge in [-0.2, -0.15) is 0 Å². The molecule has 0 radical (unpaired) electrons. The molecule has 4 aromatic rings. The van der Waals surface area contributed by atoms with Crippen molar-refractivity contribution in [3.05, 3.63) is 70.2 Å². The number of nitrogens with two attached hydrogens (primary N) is 1. The molecule has 0 unspecified atom stereocenters. The van der Waals surface area contributed by atoms with Crippen LogP contribution in [0.4, 0.5) is 11.4 Å². The largest absolute Gasteiger partial charge is 0.451 e. The SMILES string of the molecule is Nc1ccc(-c2cccs2)cc1NC(=O)c1cc2cc(Br)ccc2o1. The summed E-state index contributed by atoms with van der Waals surface area (Å²) in [5.41, 5.74) is 8.76. The lowest BCUT2D eigenvalue weighted by Gasteiger charge is -2.08. The molecule has 0 bridgehead atoms. The Bertz CT molecular complexity index is 1070. The molecule has 0 spiro atoms. The van der Waals surface area contributed by atoms with E-state index in [-0.39, 0.29) is 11.7 Å². The average Bonchev–Trinajstić information content (AvgIpc) is 3.25. The number of anilines is 2. The summed E-state index contributed by atoms with van der Waals surface area (Å²) in [5.74, 6) is -0.0867. The van der Waals surface area contributed by atoms with Crippen LogP contribution >= 0.6 is 27.3 Å². The maximum atomic E-state index is 12.5. The third-order valence-electron chi connectivity index (χ3n) is 3.81. The van der Waals surface area contributed by atoms with E-state index in [1.165, 1.54) is 0 Å². The van der Waals surface area contributed by atoms with Crippen LogP contribution in [-0.2, 0) is 0 Å². The molecule has 0 atom stereocenters. The fraction of sp³-hybridized carbons (Fsp3) is 0. The molecule has 0 fully saturated rings. The van der Waals surface area contributed by atoms with Gasteiger partial charge in [0, 0.05) is 14.7 Å². The summed E-state index contributed by atoms with van der Waals surface area (Å²) in [6.45, 7) is 0. The first-order valence-electron chi connectivity index (χ1n) is 7.54. The van der Waals surface area contributed by atoms with Crippen LogP contribution in [0.25, 0.3) is 21.4 Å². The summed E-state index contributed by atoms with van der Waals surface area (Å²) < 4.78 is 6.56. The molecule has 0 aliphatic carbocycles. The van der Waals surface area contributed by atoms with E-state index in [1.807, 2.05) is 47.8 Å². The maximum absolute atomic E-state index is 12.5. The topological polar surface area (TPSA) is 68.3 Å². The number of benzene rings is 2. The fourth-order valence-corrected chi connectivity index (χ4v) is 3.67. The van der Waals surface area contributed by atoms with Crippen molar-refractivity contribution in [1.29, 1.82) is 0 Å². The van der Waals surface area contributed by atoms with Crippen molar-refractivity contribution in [2.75, 3.05) is 11.1 Å².